The van der Waals surface area contributed by atoms with Gasteiger partial charge < -0.3 is 5.32 Å². The fourth-order valence-corrected chi connectivity index (χ4v) is 5.08. The van der Waals surface area contributed by atoms with Gasteiger partial charge in [0, 0.05) is 17.9 Å². The summed E-state index contributed by atoms with van der Waals surface area (Å²) >= 11 is 1.57. The fraction of sp³-hybridized carbons (Fsp3) is 0.0870. The van der Waals surface area contributed by atoms with Crippen molar-refractivity contribution < 1.29 is 4.79 Å². The number of amides is 1. The molecule has 0 bridgehead atoms. The minimum Gasteiger partial charge on any atom is -0.310 e. The van der Waals surface area contributed by atoms with Gasteiger partial charge in [0.1, 0.15) is 5.82 Å². The number of carbonyl (C=O) groups is 1. The number of hydrogen-bond donors (Lipinski definition) is 1. The minimum absolute atomic E-state index is 0.00158. The van der Waals surface area contributed by atoms with Crippen molar-refractivity contribution in [3.63, 3.8) is 0 Å². The highest BCUT2D eigenvalue weighted by molar-refractivity contribution is 7.20. The number of nitrogens with one attached hydrogen (secondary N) is 1. The van der Waals surface area contributed by atoms with Crippen molar-refractivity contribution >= 4 is 44.1 Å². The van der Waals surface area contributed by atoms with Gasteiger partial charge >= 0.3 is 0 Å². The first-order chi connectivity index (χ1) is 14.3. The molecule has 5 aromatic rings. The molecular formula is C23H16N4OS. The van der Waals surface area contributed by atoms with Crippen LogP contribution in [0, 0.1) is 0 Å². The van der Waals surface area contributed by atoms with E-state index in [2.05, 4.69) is 40.7 Å². The highest BCUT2D eigenvalue weighted by atomic mass is 32.1. The molecule has 29 heavy (non-hydrogen) atoms. The van der Waals surface area contributed by atoms with Crippen LogP contribution in [0.2, 0.25) is 0 Å². The molecule has 0 fully saturated rings. The van der Waals surface area contributed by atoms with Gasteiger partial charge in [-0.2, -0.15) is 9.78 Å². The van der Waals surface area contributed by atoms with E-state index in [9.17, 15) is 4.79 Å². The summed E-state index contributed by atoms with van der Waals surface area (Å²) in [5, 5.41) is 10.7. The highest BCUT2D eigenvalue weighted by Crippen LogP contribution is 2.41. The van der Waals surface area contributed by atoms with Crippen LogP contribution in [-0.2, 0) is 4.79 Å². The number of rotatable bonds is 2. The number of carbonyl (C=O) groups excluding carboxylic acids is 1. The maximum absolute atomic E-state index is 12.6. The minimum atomic E-state index is -0.0343. The van der Waals surface area contributed by atoms with E-state index in [1.165, 1.54) is 10.8 Å². The lowest BCUT2D eigenvalue weighted by atomic mass is 9.84. The summed E-state index contributed by atoms with van der Waals surface area (Å²) < 4.78 is 2.86. The number of nitrogens with zero attached hydrogens (tertiary/aromatic N) is 3. The molecule has 1 atom stereocenters. The maximum atomic E-state index is 12.6. The fourth-order valence-electron chi connectivity index (χ4n) is 4.15. The van der Waals surface area contributed by atoms with Crippen LogP contribution < -0.4 is 5.32 Å². The summed E-state index contributed by atoms with van der Waals surface area (Å²) in [7, 11) is 0. The van der Waals surface area contributed by atoms with Gasteiger partial charge in [0.2, 0.25) is 11.0 Å². The van der Waals surface area contributed by atoms with Crippen LogP contribution >= 0.6 is 11.3 Å². The molecule has 6 heteroatoms. The predicted molar refractivity (Wildman–Crippen MR) is 116 cm³/mol. The van der Waals surface area contributed by atoms with E-state index in [0.717, 1.165) is 32.3 Å². The number of hydrogen-bond acceptors (Lipinski definition) is 4. The molecule has 1 aliphatic heterocycles. The van der Waals surface area contributed by atoms with Crippen LogP contribution in [0.15, 0.2) is 72.9 Å². The second-order valence-electron chi connectivity index (χ2n) is 7.20. The molecule has 3 aromatic carbocycles. The topological polar surface area (TPSA) is 59.8 Å². The van der Waals surface area contributed by atoms with Crippen molar-refractivity contribution in [1.82, 2.24) is 14.8 Å². The molecule has 1 aliphatic rings. The van der Waals surface area contributed by atoms with Crippen LogP contribution in [0.1, 0.15) is 23.5 Å². The number of aromatic nitrogens is 3. The Kier molecular flexibility index (Phi) is 3.55. The summed E-state index contributed by atoms with van der Waals surface area (Å²) in [6, 6.07) is 22.6. The van der Waals surface area contributed by atoms with Crippen molar-refractivity contribution in [2.24, 2.45) is 0 Å². The van der Waals surface area contributed by atoms with Gasteiger partial charge in [-0.1, -0.05) is 65.9 Å². The van der Waals surface area contributed by atoms with E-state index < -0.39 is 0 Å². The monoisotopic (exact) mass is 396 g/mol. The zero-order chi connectivity index (χ0) is 19.4. The van der Waals surface area contributed by atoms with Crippen LogP contribution in [0.4, 0.5) is 5.82 Å². The molecule has 0 saturated carbocycles. The zero-order valence-electron chi connectivity index (χ0n) is 15.4. The Labute approximate surface area is 170 Å². The predicted octanol–water partition coefficient (Wildman–Crippen LogP) is 5.11. The normalized spacial score (nSPS) is 16.1. The lowest BCUT2D eigenvalue weighted by molar-refractivity contribution is -0.116. The lowest BCUT2D eigenvalue weighted by Crippen LogP contribution is -2.24. The Morgan fingerprint density at radius 1 is 0.966 bits per heavy atom. The molecule has 0 radical (unpaired) electrons. The lowest BCUT2D eigenvalue weighted by Gasteiger charge is -2.24. The summed E-state index contributed by atoms with van der Waals surface area (Å²) in [6.45, 7) is 0. The number of benzene rings is 3. The van der Waals surface area contributed by atoms with E-state index in [-0.39, 0.29) is 11.8 Å². The molecule has 0 spiro atoms. The second-order valence-corrected chi connectivity index (χ2v) is 8.21. The average Bonchev–Trinajstić information content (AvgIpc) is 3.36. The zero-order valence-corrected chi connectivity index (χ0v) is 16.2. The van der Waals surface area contributed by atoms with Gasteiger partial charge in [-0.25, -0.2) is 4.98 Å². The molecule has 140 valence electrons. The Balaban J connectivity index is 1.53. The van der Waals surface area contributed by atoms with E-state index in [1.54, 1.807) is 16.0 Å². The van der Waals surface area contributed by atoms with Crippen molar-refractivity contribution in [3.05, 3.63) is 84.1 Å². The molecule has 0 saturated heterocycles. The van der Waals surface area contributed by atoms with E-state index in [1.807, 2.05) is 42.6 Å². The van der Waals surface area contributed by atoms with Gasteiger partial charge in [0.05, 0.1) is 16.4 Å². The van der Waals surface area contributed by atoms with Gasteiger partial charge in [-0.3, -0.25) is 4.79 Å². The van der Waals surface area contributed by atoms with Gasteiger partial charge in [0.15, 0.2) is 0 Å². The standard InChI is InChI=1S/C23H16N4OS/c28-21-12-17(16-9-5-7-14-6-1-2-8-15(14)16)18-13-24-27(22(18)26-21)23-25-19-10-3-4-11-20(19)29-23/h1-11,13,17H,12H2,(H,26,28). The molecule has 6 rings (SSSR count). The molecule has 2 aromatic heterocycles. The third-order valence-electron chi connectivity index (χ3n) is 5.48. The SMILES string of the molecule is O=C1CC(c2cccc3ccccc23)c2cnn(-c3nc4ccccc4s3)c2N1. The van der Waals surface area contributed by atoms with Gasteiger partial charge in [-0.05, 0) is 28.5 Å². The van der Waals surface area contributed by atoms with Crippen molar-refractivity contribution in [2.75, 3.05) is 5.32 Å². The summed E-state index contributed by atoms with van der Waals surface area (Å²) in [6.07, 6.45) is 2.28. The van der Waals surface area contributed by atoms with Gasteiger partial charge in [-0.15, -0.1) is 0 Å². The Morgan fingerprint density at radius 2 is 1.79 bits per heavy atom. The molecular weight excluding hydrogens is 380 g/mol. The van der Waals surface area contributed by atoms with Crippen LogP contribution in [0.5, 0.6) is 0 Å². The van der Waals surface area contributed by atoms with Crippen molar-refractivity contribution in [1.29, 1.82) is 0 Å². The Hall–Kier alpha value is -3.51. The second kappa shape index (κ2) is 6.25. The molecule has 1 N–H and O–H groups in total. The van der Waals surface area contributed by atoms with E-state index in [4.69, 9.17) is 4.98 Å². The molecule has 3 heterocycles. The average molecular weight is 396 g/mol. The smallest absolute Gasteiger partial charge is 0.226 e. The van der Waals surface area contributed by atoms with Crippen LogP contribution in [0.3, 0.4) is 0 Å². The van der Waals surface area contributed by atoms with E-state index in [0.29, 0.717) is 6.42 Å². The highest BCUT2D eigenvalue weighted by Gasteiger charge is 2.31. The first-order valence-electron chi connectivity index (χ1n) is 9.49. The molecule has 0 aliphatic carbocycles. The third kappa shape index (κ3) is 2.57. The third-order valence-corrected chi connectivity index (χ3v) is 6.49. The maximum Gasteiger partial charge on any atom is 0.226 e. The largest absolute Gasteiger partial charge is 0.310 e. The summed E-state index contributed by atoms with van der Waals surface area (Å²) in [5.74, 6) is 0.685. The van der Waals surface area contributed by atoms with Crippen molar-refractivity contribution in [2.45, 2.75) is 12.3 Å². The van der Waals surface area contributed by atoms with Gasteiger partial charge in [0.25, 0.3) is 0 Å². The number of para-hydroxylation sites is 1. The summed E-state index contributed by atoms with van der Waals surface area (Å²) in [4.78, 5) is 17.3. The first-order valence-corrected chi connectivity index (χ1v) is 10.3. The van der Waals surface area contributed by atoms with Crippen LogP contribution in [-0.4, -0.2) is 20.7 Å². The number of fused-ring (bicyclic) bond motifs is 3. The first kappa shape index (κ1) is 16.4. The number of thiazole rings is 1. The molecule has 1 amide bonds. The molecule has 5 nitrogen and oxygen atoms in total. The Morgan fingerprint density at radius 3 is 2.72 bits per heavy atom. The molecule has 1 unspecified atom stereocenters. The van der Waals surface area contributed by atoms with Crippen LogP contribution in [0.25, 0.3) is 26.1 Å². The summed E-state index contributed by atoms with van der Waals surface area (Å²) in [5.41, 5.74) is 3.12. The van der Waals surface area contributed by atoms with Crippen molar-refractivity contribution in [3.8, 4) is 5.13 Å². The quantitative estimate of drug-likeness (QED) is 0.451. The number of anilines is 1. The Bertz CT molecular complexity index is 1360. The van der Waals surface area contributed by atoms with E-state index >= 15 is 0 Å².